The summed E-state index contributed by atoms with van der Waals surface area (Å²) in [6.07, 6.45) is 0.364. The highest BCUT2D eigenvalue weighted by Crippen LogP contribution is 2.45. The Bertz CT molecular complexity index is 1650. The van der Waals surface area contributed by atoms with Crippen LogP contribution in [0.25, 0.3) is 10.9 Å². The highest BCUT2D eigenvalue weighted by molar-refractivity contribution is 6.30. The molecule has 2 fully saturated rings. The summed E-state index contributed by atoms with van der Waals surface area (Å²) in [6, 6.07) is 5.47. The van der Waals surface area contributed by atoms with Crippen molar-refractivity contribution >= 4 is 40.1 Å². The number of nitrogens with one attached hydrogen (secondary N) is 1. The average molecular weight is 631 g/mol. The van der Waals surface area contributed by atoms with Gasteiger partial charge in [0.05, 0.1) is 37.2 Å². The molecule has 1 amide bonds. The summed E-state index contributed by atoms with van der Waals surface area (Å²) in [5, 5.41) is 3.26. The Hall–Kier alpha value is -3.70. The van der Waals surface area contributed by atoms with Crippen molar-refractivity contribution in [2.45, 2.75) is 65.0 Å². The molecule has 0 unspecified atom stereocenters. The lowest BCUT2D eigenvalue weighted by Gasteiger charge is -2.45. The summed E-state index contributed by atoms with van der Waals surface area (Å²) < 4.78 is 43.0. The van der Waals surface area contributed by atoms with E-state index in [2.05, 4.69) is 5.32 Å². The van der Waals surface area contributed by atoms with Crippen LogP contribution in [0.4, 0.5) is 14.5 Å². The Labute approximate surface area is 259 Å². The van der Waals surface area contributed by atoms with Gasteiger partial charge in [0, 0.05) is 49.4 Å². The zero-order valence-corrected chi connectivity index (χ0v) is 26.2. The second kappa shape index (κ2) is 12.7. The number of hydrogen-bond donors (Lipinski definition) is 1. The number of halogens is 3. The lowest BCUT2D eigenvalue weighted by atomic mass is 10.0. The van der Waals surface area contributed by atoms with E-state index in [0.717, 1.165) is 17.2 Å². The standard InChI is InChI=1S/C32H37ClF2N4O5/c1-6-44-27(40)16-38-18(3)13-37(14-19(38)4)29-25(35)10-22-28(31(29)43-5)39(26-11-24(26)34)15-23(30(22)41)32(42)36-12-20-7-8-21(33)9-17(20)2/h7-10,15,18-19,24,26H,6,11-14,16H2,1-5H3,(H,36,42)/t18-,19+,24-,26+/m1/s1. The molecule has 1 aliphatic heterocycles. The molecular weight excluding hydrogens is 594 g/mol. The number of nitrogens with zero attached hydrogens (tertiary/aromatic N) is 3. The SMILES string of the molecule is CCOC(=O)CN1[C@H](C)CN(c2c(F)cc3c(=O)c(C(=O)NCc4ccc(Cl)cc4C)cn([C@H]4C[C@H]4F)c3c2OC)C[C@@H]1C. The maximum Gasteiger partial charge on any atom is 0.320 e. The first-order valence-electron chi connectivity index (χ1n) is 14.7. The molecule has 1 aromatic heterocycles. The van der Waals surface area contributed by atoms with Gasteiger partial charge in [0.2, 0.25) is 5.43 Å². The highest BCUT2D eigenvalue weighted by Gasteiger charge is 2.42. The number of hydrogen-bond acceptors (Lipinski definition) is 7. The van der Waals surface area contributed by atoms with Gasteiger partial charge in [0.1, 0.15) is 17.4 Å². The van der Waals surface area contributed by atoms with Gasteiger partial charge in [-0.15, -0.1) is 0 Å². The minimum atomic E-state index is -1.18. The molecule has 5 rings (SSSR count). The van der Waals surface area contributed by atoms with Crippen LogP contribution in [0, 0.1) is 12.7 Å². The van der Waals surface area contributed by atoms with E-state index in [1.165, 1.54) is 17.9 Å². The molecule has 1 saturated carbocycles. The van der Waals surface area contributed by atoms with Crippen LogP contribution in [-0.2, 0) is 16.1 Å². The number of carbonyl (C=O) groups excluding carboxylic acids is 2. The van der Waals surface area contributed by atoms with E-state index in [0.29, 0.717) is 18.1 Å². The number of anilines is 1. The molecule has 2 aromatic carbocycles. The van der Waals surface area contributed by atoms with Gasteiger partial charge in [-0.3, -0.25) is 19.3 Å². The fourth-order valence-corrected chi connectivity index (χ4v) is 6.36. The monoisotopic (exact) mass is 630 g/mol. The summed E-state index contributed by atoms with van der Waals surface area (Å²) in [7, 11) is 1.38. The van der Waals surface area contributed by atoms with E-state index in [9.17, 15) is 18.8 Å². The van der Waals surface area contributed by atoms with Crippen LogP contribution in [0.2, 0.25) is 5.02 Å². The molecular formula is C32H37ClF2N4O5. The first-order chi connectivity index (χ1) is 20.9. The zero-order valence-electron chi connectivity index (χ0n) is 25.5. The van der Waals surface area contributed by atoms with Crippen molar-refractivity contribution in [1.29, 1.82) is 0 Å². The van der Waals surface area contributed by atoms with Crippen LogP contribution in [-0.4, -0.2) is 72.9 Å². The van der Waals surface area contributed by atoms with Crippen LogP contribution in [0.1, 0.15) is 54.7 Å². The first kappa shape index (κ1) is 31.7. The molecule has 3 aromatic rings. The summed E-state index contributed by atoms with van der Waals surface area (Å²) in [5.41, 5.74) is 1.18. The fourth-order valence-electron chi connectivity index (χ4n) is 6.13. The quantitative estimate of drug-likeness (QED) is 0.340. The molecule has 2 heterocycles. The maximum atomic E-state index is 16.1. The average Bonchev–Trinajstić information content (AvgIpc) is 3.70. The van der Waals surface area contributed by atoms with Gasteiger partial charge in [-0.1, -0.05) is 17.7 Å². The number of benzene rings is 2. The lowest BCUT2D eigenvalue weighted by Crippen LogP contribution is -2.58. The number of amides is 1. The second-order valence-corrected chi connectivity index (χ2v) is 12.0. The number of pyridine rings is 1. The van der Waals surface area contributed by atoms with Gasteiger partial charge < -0.3 is 24.3 Å². The van der Waals surface area contributed by atoms with Crippen LogP contribution < -0.4 is 20.4 Å². The number of ether oxygens (including phenoxy) is 2. The number of aromatic nitrogens is 1. The molecule has 1 aliphatic carbocycles. The van der Waals surface area contributed by atoms with Crippen molar-refractivity contribution in [3.05, 3.63) is 68.2 Å². The predicted molar refractivity (Wildman–Crippen MR) is 165 cm³/mol. The third-order valence-electron chi connectivity index (χ3n) is 8.46. The molecule has 4 atom stereocenters. The van der Waals surface area contributed by atoms with Crippen molar-refractivity contribution in [3.8, 4) is 5.75 Å². The molecule has 0 radical (unpaired) electrons. The van der Waals surface area contributed by atoms with E-state index in [1.807, 2.05) is 30.6 Å². The van der Waals surface area contributed by atoms with E-state index in [1.54, 1.807) is 25.1 Å². The molecule has 236 valence electrons. The van der Waals surface area contributed by atoms with Gasteiger partial charge >= 0.3 is 5.97 Å². The largest absolute Gasteiger partial charge is 0.492 e. The number of methoxy groups -OCH3 is 1. The van der Waals surface area contributed by atoms with E-state index in [4.69, 9.17) is 21.1 Å². The number of rotatable bonds is 9. The van der Waals surface area contributed by atoms with Crippen LogP contribution >= 0.6 is 11.6 Å². The van der Waals surface area contributed by atoms with E-state index < -0.39 is 29.4 Å². The van der Waals surface area contributed by atoms with Gasteiger partial charge in [-0.2, -0.15) is 0 Å². The number of carbonyl (C=O) groups is 2. The van der Waals surface area contributed by atoms with Crippen LogP contribution in [0.15, 0.2) is 35.3 Å². The Morgan fingerprint density at radius 2 is 1.84 bits per heavy atom. The van der Waals surface area contributed by atoms with Crippen molar-refractivity contribution in [2.75, 3.05) is 38.3 Å². The Morgan fingerprint density at radius 1 is 1.16 bits per heavy atom. The molecule has 1 N–H and O–H groups in total. The van der Waals surface area contributed by atoms with Crippen molar-refractivity contribution in [1.82, 2.24) is 14.8 Å². The molecule has 9 nitrogen and oxygen atoms in total. The summed E-state index contributed by atoms with van der Waals surface area (Å²) in [4.78, 5) is 43.0. The Morgan fingerprint density at radius 3 is 2.43 bits per heavy atom. The van der Waals surface area contributed by atoms with E-state index in [-0.39, 0.29) is 72.1 Å². The highest BCUT2D eigenvalue weighted by atomic mass is 35.5. The Kier molecular flexibility index (Phi) is 9.17. The fraction of sp³-hybridized carbons (Fsp3) is 0.469. The predicted octanol–water partition coefficient (Wildman–Crippen LogP) is 4.79. The summed E-state index contributed by atoms with van der Waals surface area (Å²) in [5.74, 6) is -1.58. The smallest absolute Gasteiger partial charge is 0.320 e. The molecule has 0 spiro atoms. The summed E-state index contributed by atoms with van der Waals surface area (Å²) in [6.45, 7) is 8.77. The molecule has 44 heavy (non-hydrogen) atoms. The van der Waals surface area contributed by atoms with Crippen molar-refractivity contribution in [3.63, 3.8) is 0 Å². The van der Waals surface area contributed by atoms with Gasteiger partial charge in [0.25, 0.3) is 5.91 Å². The third kappa shape index (κ3) is 6.12. The number of esters is 1. The third-order valence-corrected chi connectivity index (χ3v) is 8.70. The minimum Gasteiger partial charge on any atom is -0.492 e. The number of aryl methyl sites for hydroxylation is 1. The number of alkyl halides is 1. The topological polar surface area (TPSA) is 93.1 Å². The van der Waals surface area contributed by atoms with Crippen molar-refractivity contribution in [2.24, 2.45) is 0 Å². The molecule has 1 saturated heterocycles. The molecule has 0 bridgehead atoms. The number of fused-ring (bicyclic) bond motifs is 1. The molecule has 2 aliphatic rings. The maximum absolute atomic E-state index is 16.1. The van der Waals surface area contributed by atoms with E-state index >= 15 is 4.39 Å². The lowest BCUT2D eigenvalue weighted by molar-refractivity contribution is -0.145. The van der Waals surface area contributed by atoms with Gasteiger partial charge in [0.15, 0.2) is 11.6 Å². The second-order valence-electron chi connectivity index (χ2n) is 11.6. The van der Waals surface area contributed by atoms with Crippen molar-refractivity contribution < 1.29 is 27.8 Å². The van der Waals surface area contributed by atoms with Gasteiger partial charge in [-0.25, -0.2) is 8.78 Å². The zero-order chi connectivity index (χ0) is 31.9. The Balaban J connectivity index is 1.53. The van der Waals surface area contributed by atoms with Crippen LogP contribution in [0.5, 0.6) is 5.75 Å². The molecule has 12 heteroatoms. The first-order valence-corrected chi connectivity index (χ1v) is 15.1. The normalized spacial score (nSPS) is 21.8. The van der Waals surface area contributed by atoms with Gasteiger partial charge in [-0.05, 0) is 57.0 Å². The minimum absolute atomic E-state index is 0.0698. The number of piperazine rings is 1. The van der Waals surface area contributed by atoms with Crippen LogP contribution in [0.3, 0.4) is 0 Å². The summed E-state index contributed by atoms with van der Waals surface area (Å²) >= 11 is 6.04.